The van der Waals surface area contributed by atoms with Crippen LogP contribution in [-0.4, -0.2) is 60.4 Å². The van der Waals surface area contributed by atoms with Crippen molar-refractivity contribution in [3.8, 4) is 12.3 Å². The summed E-state index contributed by atoms with van der Waals surface area (Å²) in [6.45, 7) is 1.72. The van der Waals surface area contributed by atoms with E-state index in [4.69, 9.17) is 11.2 Å². The van der Waals surface area contributed by atoms with Gasteiger partial charge in [-0.25, -0.2) is 4.79 Å². The van der Waals surface area contributed by atoms with Gasteiger partial charge in [-0.1, -0.05) is 5.92 Å². The lowest BCUT2D eigenvalue weighted by Crippen LogP contribution is -2.34. The summed E-state index contributed by atoms with van der Waals surface area (Å²) in [6.07, 6.45) is 7.32. The molecule has 1 aromatic carbocycles. The molecule has 1 atom stereocenters. The number of benzene rings is 1. The molecule has 3 rings (SSSR count). The van der Waals surface area contributed by atoms with E-state index in [0.29, 0.717) is 12.1 Å². The minimum absolute atomic E-state index is 0.133. The van der Waals surface area contributed by atoms with Crippen LogP contribution in [0.4, 0.5) is 0 Å². The van der Waals surface area contributed by atoms with Gasteiger partial charge in [0.1, 0.15) is 6.61 Å². The lowest BCUT2D eigenvalue weighted by atomic mass is 10.1. The molecular formula is C18H18N2O4. The minimum Gasteiger partial charge on any atom is -0.460 e. The Balaban J connectivity index is 1.68. The van der Waals surface area contributed by atoms with Crippen LogP contribution in [0.1, 0.15) is 43.9 Å². The number of carbonyl (C=O) groups is 3. The zero-order chi connectivity index (χ0) is 17.3. The Kier molecular flexibility index (Phi) is 4.36. The van der Waals surface area contributed by atoms with Crippen molar-refractivity contribution in [1.82, 2.24) is 9.80 Å². The van der Waals surface area contributed by atoms with E-state index in [0.717, 1.165) is 24.3 Å². The fraction of sp³-hybridized carbons (Fsp3) is 0.389. The molecule has 0 N–H and O–H groups in total. The Labute approximate surface area is 140 Å². The Morgan fingerprint density at radius 1 is 1.33 bits per heavy atom. The second-order valence-corrected chi connectivity index (χ2v) is 6.00. The van der Waals surface area contributed by atoms with Crippen LogP contribution in [-0.2, 0) is 4.74 Å². The van der Waals surface area contributed by atoms with E-state index in [1.807, 2.05) is 0 Å². The second kappa shape index (κ2) is 6.46. The van der Waals surface area contributed by atoms with E-state index in [2.05, 4.69) is 10.8 Å². The fourth-order valence-electron chi connectivity index (χ4n) is 3.15. The van der Waals surface area contributed by atoms with Gasteiger partial charge in [-0.2, -0.15) is 0 Å². The summed E-state index contributed by atoms with van der Waals surface area (Å²) in [5.41, 5.74) is 0.827. The van der Waals surface area contributed by atoms with Crippen LogP contribution < -0.4 is 0 Å². The van der Waals surface area contributed by atoms with Crippen LogP contribution in [0.3, 0.4) is 0 Å². The first-order valence-electron chi connectivity index (χ1n) is 7.84. The zero-order valence-electron chi connectivity index (χ0n) is 13.4. The van der Waals surface area contributed by atoms with Crippen molar-refractivity contribution in [2.75, 3.05) is 26.7 Å². The standard InChI is InChI=1S/C18H18N2O4/c1-3-8-20-9-4-5-13(20)11-24-18(23)12-6-7-14-15(10-12)17(22)19(2)16(14)21/h1,6-7,10,13H,4-5,8-9,11H2,2H3/t13-/m0/s1. The summed E-state index contributed by atoms with van der Waals surface area (Å²) in [5.74, 6) is 1.35. The number of esters is 1. The van der Waals surface area contributed by atoms with Gasteiger partial charge in [0, 0.05) is 13.1 Å². The molecule has 2 aliphatic rings. The quantitative estimate of drug-likeness (QED) is 0.472. The number of carbonyl (C=O) groups excluding carboxylic acids is 3. The average Bonchev–Trinajstić information content (AvgIpc) is 3.12. The van der Waals surface area contributed by atoms with Crippen molar-refractivity contribution >= 4 is 17.8 Å². The Hall–Kier alpha value is -2.65. The van der Waals surface area contributed by atoms with Gasteiger partial charge in [-0.15, -0.1) is 6.42 Å². The molecule has 2 amide bonds. The van der Waals surface area contributed by atoms with Crippen LogP contribution in [0.5, 0.6) is 0 Å². The predicted molar refractivity (Wildman–Crippen MR) is 86.6 cm³/mol. The highest BCUT2D eigenvalue weighted by Crippen LogP contribution is 2.23. The summed E-state index contributed by atoms with van der Waals surface area (Å²) < 4.78 is 5.38. The van der Waals surface area contributed by atoms with Crippen molar-refractivity contribution in [2.24, 2.45) is 0 Å². The molecule has 24 heavy (non-hydrogen) atoms. The van der Waals surface area contributed by atoms with Gasteiger partial charge in [0.25, 0.3) is 11.8 Å². The third-order valence-corrected chi connectivity index (χ3v) is 4.53. The van der Waals surface area contributed by atoms with Gasteiger partial charge in [0.15, 0.2) is 0 Å². The SMILES string of the molecule is C#CCN1CCC[C@H]1COC(=O)c1ccc2c(c1)C(=O)N(C)C2=O. The Bertz CT molecular complexity index is 750. The van der Waals surface area contributed by atoms with E-state index < -0.39 is 11.9 Å². The maximum atomic E-state index is 12.2. The van der Waals surface area contributed by atoms with E-state index in [-0.39, 0.29) is 29.7 Å². The maximum Gasteiger partial charge on any atom is 0.338 e. The van der Waals surface area contributed by atoms with Crippen LogP contribution in [0, 0.1) is 12.3 Å². The van der Waals surface area contributed by atoms with Crippen LogP contribution in [0.2, 0.25) is 0 Å². The predicted octanol–water partition coefficient (Wildman–Crippen LogP) is 1.17. The Morgan fingerprint density at radius 3 is 2.83 bits per heavy atom. The normalized spacial score (nSPS) is 20.2. The number of likely N-dealkylation sites (tertiary alicyclic amines) is 1. The molecule has 0 bridgehead atoms. The molecule has 6 heteroatoms. The second-order valence-electron chi connectivity index (χ2n) is 6.00. The molecule has 0 aromatic heterocycles. The summed E-state index contributed by atoms with van der Waals surface area (Å²) in [7, 11) is 1.42. The van der Waals surface area contributed by atoms with Gasteiger partial charge in [-0.05, 0) is 37.6 Å². The molecule has 0 spiro atoms. The molecule has 2 heterocycles. The van der Waals surface area contributed by atoms with Crippen molar-refractivity contribution in [3.05, 3.63) is 34.9 Å². The topological polar surface area (TPSA) is 66.9 Å². The third-order valence-electron chi connectivity index (χ3n) is 4.53. The first-order chi connectivity index (χ1) is 11.5. The van der Waals surface area contributed by atoms with Crippen LogP contribution >= 0.6 is 0 Å². The summed E-state index contributed by atoms with van der Waals surface area (Å²) in [6, 6.07) is 4.57. The lowest BCUT2D eigenvalue weighted by Gasteiger charge is -2.21. The van der Waals surface area contributed by atoms with Crippen molar-refractivity contribution in [3.63, 3.8) is 0 Å². The van der Waals surface area contributed by atoms with Crippen molar-refractivity contribution in [2.45, 2.75) is 18.9 Å². The molecule has 0 saturated carbocycles. The molecule has 0 unspecified atom stereocenters. The number of hydrogen-bond acceptors (Lipinski definition) is 5. The number of rotatable bonds is 4. The van der Waals surface area contributed by atoms with Gasteiger partial charge in [-0.3, -0.25) is 19.4 Å². The monoisotopic (exact) mass is 326 g/mol. The van der Waals surface area contributed by atoms with E-state index in [9.17, 15) is 14.4 Å². The van der Waals surface area contributed by atoms with Gasteiger partial charge in [0.2, 0.25) is 0 Å². The third kappa shape index (κ3) is 2.79. The molecule has 0 radical (unpaired) electrons. The number of hydrogen-bond donors (Lipinski definition) is 0. The number of terminal acetylenes is 1. The van der Waals surface area contributed by atoms with Crippen molar-refractivity contribution in [1.29, 1.82) is 0 Å². The zero-order valence-corrected chi connectivity index (χ0v) is 13.4. The average molecular weight is 326 g/mol. The fourth-order valence-corrected chi connectivity index (χ4v) is 3.15. The van der Waals surface area contributed by atoms with Crippen molar-refractivity contribution < 1.29 is 19.1 Å². The number of amides is 2. The molecule has 1 aromatic rings. The highest BCUT2D eigenvalue weighted by Gasteiger charge is 2.33. The first kappa shape index (κ1) is 16.2. The maximum absolute atomic E-state index is 12.2. The molecule has 1 fully saturated rings. The van der Waals surface area contributed by atoms with Crippen LogP contribution in [0.25, 0.3) is 0 Å². The van der Waals surface area contributed by atoms with E-state index in [1.165, 1.54) is 25.2 Å². The number of nitrogens with zero attached hydrogens (tertiary/aromatic N) is 2. The lowest BCUT2D eigenvalue weighted by molar-refractivity contribution is 0.0407. The molecular weight excluding hydrogens is 308 g/mol. The van der Waals surface area contributed by atoms with Gasteiger partial charge < -0.3 is 4.74 Å². The van der Waals surface area contributed by atoms with E-state index >= 15 is 0 Å². The number of fused-ring (bicyclic) bond motifs is 1. The minimum atomic E-state index is -0.500. The Morgan fingerprint density at radius 2 is 2.08 bits per heavy atom. The van der Waals surface area contributed by atoms with E-state index in [1.54, 1.807) is 0 Å². The first-order valence-corrected chi connectivity index (χ1v) is 7.84. The summed E-state index contributed by atoms with van der Waals surface area (Å²) >= 11 is 0. The molecule has 124 valence electrons. The molecule has 6 nitrogen and oxygen atoms in total. The molecule has 1 saturated heterocycles. The highest BCUT2D eigenvalue weighted by molar-refractivity contribution is 6.21. The van der Waals surface area contributed by atoms with Crippen LogP contribution in [0.15, 0.2) is 18.2 Å². The number of imide groups is 1. The molecule has 0 aliphatic carbocycles. The number of ether oxygens (including phenoxy) is 1. The largest absolute Gasteiger partial charge is 0.460 e. The summed E-state index contributed by atoms with van der Waals surface area (Å²) in [5, 5.41) is 0. The van der Waals surface area contributed by atoms with Gasteiger partial charge in [0.05, 0.1) is 23.2 Å². The summed E-state index contributed by atoms with van der Waals surface area (Å²) in [4.78, 5) is 39.2. The van der Waals surface area contributed by atoms with Gasteiger partial charge >= 0.3 is 5.97 Å². The highest BCUT2D eigenvalue weighted by atomic mass is 16.5. The smallest absolute Gasteiger partial charge is 0.338 e. The molecule has 2 aliphatic heterocycles.